The van der Waals surface area contributed by atoms with E-state index in [0.717, 1.165) is 19.3 Å². The molecule has 0 aliphatic heterocycles. The molecule has 0 bridgehead atoms. The Balaban J connectivity index is 0. The van der Waals surface area contributed by atoms with Crippen molar-refractivity contribution >= 4 is 11.9 Å². The first kappa shape index (κ1) is 18.2. The van der Waals surface area contributed by atoms with Gasteiger partial charge in [-0.05, 0) is 6.42 Å². The molecule has 2 unspecified atom stereocenters. The molecule has 0 amide bonds. The Morgan fingerprint density at radius 3 is 1.76 bits per heavy atom. The van der Waals surface area contributed by atoms with Crippen molar-refractivity contribution in [2.24, 2.45) is 17.2 Å². The van der Waals surface area contributed by atoms with Crippen LogP contribution in [0.5, 0.6) is 0 Å². The topological polar surface area (TPSA) is 153 Å². The Labute approximate surface area is 101 Å². The number of rotatable bonds is 7. The molecule has 0 rings (SSSR count). The number of carbonyl (C=O) groups is 2. The van der Waals surface area contributed by atoms with Crippen LogP contribution >= 0.6 is 0 Å². The van der Waals surface area contributed by atoms with Crippen molar-refractivity contribution in [3.8, 4) is 0 Å². The van der Waals surface area contributed by atoms with Crippen molar-refractivity contribution in [2.75, 3.05) is 6.54 Å². The summed E-state index contributed by atoms with van der Waals surface area (Å²) in [6.07, 6.45) is 3.69. The van der Waals surface area contributed by atoms with Gasteiger partial charge in [-0.15, -0.1) is 0 Å². The predicted molar refractivity (Wildman–Crippen MR) is 64.4 cm³/mol. The van der Waals surface area contributed by atoms with Gasteiger partial charge in [-0.1, -0.05) is 26.2 Å². The molecule has 0 radical (unpaired) electrons. The van der Waals surface area contributed by atoms with Gasteiger partial charge in [0.15, 0.2) is 0 Å². The fourth-order valence-electron chi connectivity index (χ4n) is 0.839. The van der Waals surface area contributed by atoms with E-state index < -0.39 is 24.0 Å². The lowest BCUT2D eigenvalue weighted by Crippen LogP contribution is -2.37. The third kappa shape index (κ3) is 12.8. The highest BCUT2D eigenvalue weighted by Gasteiger charge is 2.09. The van der Waals surface area contributed by atoms with Crippen LogP contribution in [0.3, 0.4) is 0 Å². The first-order valence-corrected chi connectivity index (χ1v) is 5.53. The molecule has 0 aliphatic rings. The maximum atomic E-state index is 10.2. The Morgan fingerprint density at radius 2 is 1.53 bits per heavy atom. The fraction of sp³-hybridized carbons (Fsp3) is 0.800. The van der Waals surface area contributed by atoms with Crippen molar-refractivity contribution in [1.29, 1.82) is 0 Å². The van der Waals surface area contributed by atoms with E-state index in [1.54, 1.807) is 0 Å². The van der Waals surface area contributed by atoms with Crippen molar-refractivity contribution < 1.29 is 19.8 Å². The van der Waals surface area contributed by atoms with E-state index in [4.69, 9.17) is 27.4 Å². The van der Waals surface area contributed by atoms with Gasteiger partial charge >= 0.3 is 11.9 Å². The highest BCUT2D eigenvalue weighted by Crippen LogP contribution is 2.01. The minimum absolute atomic E-state index is 0.00463. The standard InChI is InChI=1S/C7H15NO2.C3H8N2O2/c1-2-3-4-5-6(8)7(9)10;4-1-2(5)3(6)7/h6H,2-5,8H2,1H3,(H,9,10);2H,1,4-5H2,(H,6,7). The molecule has 0 spiro atoms. The Bertz CT molecular complexity index is 224. The molecule has 0 heterocycles. The first-order valence-electron chi connectivity index (χ1n) is 5.53. The number of nitrogens with two attached hydrogens (primary N) is 3. The predicted octanol–water partition coefficient (Wildman–Crippen LogP) is -0.664. The minimum atomic E-state index is -1.05. The van der Waals surface area contributed by atoms with Crippen LogP contribution in [0.4, 0.5) is 0 Å². The number of hydrogen-bond acceptors (Lipinski definition) is 5. The Hall–Kier alpha value is -1.18. The molecular weight excluding hydrogens is 226 g/mol. The molecule has 0 aromatic heterocycles. The van der Waals surface area contributed by atoms with Gasteiger partial charge in [-0.3, -0.25) is 9.59 Å². The molecule has 0 aromatic carbocycles. The SMILES string of the molecule is CCCCCC(N)C(=O)O.NCC(N)C(=O)O. The van der Waals surface area contributed by atoms with Gasteiger partial charge in [0.05, 0.1) is 0 Å². The van der Waals surface area contributed by atoms with Gasteiger partial charge in [0.2, 0.25) is 0 Å². The lowest BCUT2D eigenvalue weighted by Gasteiger charge is -2.03. The molecule has 8 N–H and O–H groups in total. The second kappa shape index (κ2) is 11.3. The van der Waals surface area contributed by atoms with Crippen LogP contribution in [-0.2, 0) is 9.59 Å². The zero-order valence-electron chi connectivity index (χ0n) is 10.1. The maximum absolute atomic E-state index is 10.2. The fourth-order valence-corrected chi connectivity index (χ4v) is 0.839. The van der Waals surface area contributed by atoms with Crippen LogP contribution in [-0.4, -0.2) is 40.8 Å². The third-order valence-corrected chi connectivity index (χ3v) is 2.01. The Morgan fingerprint density at radius 1 is 1.06 bits per heavy atom. The zero-order valence-corrected chi connectivity index (χ0v) is 10.1. The second-order valence-corrected chi connectivity index (χ2v) is 3.62. The summed E-state index contributed by atoms with van der Waals surface area (Å²) >= 11 is 0. The molecule has 2 atom stereocenters. The van der Waals surface area contributed by atoms with E-state index >= 15 is 0 Å². The minimum Gasteiger partial charge on any atom is -0.480 e. The highest BCUT2D eigenvalue weighted by molar-refractivity contribution is 5.73. The molecule has 0 fully saturated rings. The van der Waals surface area contributed by atoms with Crippen molar-refractivity contribution in [1.82, 2.24) is 0 Å². The largest absolute Gasteiger partial charge is 0.480 e. The molecule has 102 valence electrons. The zero-order chi connectivity index (χ0) is 13.8. The van der Waals surface area contributed by atoms with Gasteiger partial charge in [0.25, 0.3) is 0 Å². The summed E-state index contributed by atoms with van der Waals surface area (Å²) in [6.45, 7) is 2.07. The average Bonchev–Trinajstić information content (AvgIpc) is 2.28. The maximum Gasteiger partial charge on any atom is 0.321 e. The summed E-state index contributed by atoms with van der Waals surface area (Å²) in [4.78, 5) is 19.9. The van der Waals surface area contributed by atoms with Crippen molar-refractivity contribution in [3.63, 3.8) is 0 Å². The van der Waals surface area contributed by atoms with Gasteiger partial charge < -0.3 is 27.4 Å². The molecular formula is C10H23N3O4. The number of unbranched alkanes of at least 4 members (excludes halogenated alkanes) is 2. The van der Waals surface area contributed by atoms with Crippen molar-refractivity contribution in [3.05, 3.63) is 0 Å². The molecule has 7 heteroatoms. The Kier molecular flexibility index (Phi) is 12.1. The van der Waals surface area contributed by atoms with E-state index in [2.05, 4.69) is 6.92 Å². The average molecular weight is 249 g/mol. The molecule has 7 nitrogen and oxygen atoms in total. The highest BCUT2D eigenvalue weighted by atomic mass is 16.4. The summed E-state index contributed by atoms with van der Waals surface area (Å²) in [7, 11) is 0. The number of carboxylic acid groups (broad SMARTS) is 2. The molecule has 0 aromatic rings. The molecule has 0 saturated heterocycles. The summed E-state index contributed by atoms with van der Waals surface area (Å²) in [5.74, 6) is -1.95. The monoisotopic (exact) mass is 249 g/mol. The third-order valence-electron chi connectivity index (χ3n) is 2.01. The number of hydrogen-bond donors (Lipinski definition) is 5. The normalized spacial score (nSPS) is 13.2. The molecule has 0 aliphatic carbocycles. The van der Waals surface area contributed by atoms with Crippen molar-refractivity contribution in [2.45, 2.75) is 44.7 Å². The number of carboxylic acids is 2. The van der Waals surface area contributed by atoms with Gasteiger partial charge in [-0.25, -0.2) is 0 Å². The summed E-state index contributed by atoms with van der Waals surface area (Å²) in [6, 6.07) is -1.56. The van der Waals surface area contributed by atoms with Gasteiger partial charge in [0, 0.05) is 6.54 Å². The van der Waals surface area contributed by atoms with E-state index in [0.29, 0.717) is 6.42 Å². The van der Waals surface area contributed by atoms with Crippen LogP contribution in [0.15, 0.2) is 0 Å². The lowest BCUT2D eigenvalue weighted by atomic mass is 10.1. The van der Waals surface area contributed by atoms with Gasteiger partial charge in [0.1, 0.15) is 12.1 Å². The molecule has 17 heavy (non-hydrogen) atoms. The van der Waals surface area contributed by atoms with E-state index in [1.807, 2.05) is 0 Å². The van der Waals surface area contributed by atoms with E-state index in [-0.39, 0.29) is 6.54 Å². The van der Waals surface area contributed by atoms with Gasteiger partial charge in [-0.2, -0.15) is 0 Å². The smallest absolute Gasteiger partial charge is 0.321 e. The van der Waals surface area contributed by atoms with E-state index in [9.17, 15) is 9.59 Å². The van der Waals surface area contributed by atoms with Crippen LogP contribution < -0.4 is 17.2 Å². The quantitative estimate of drug-likeness (QED) is 0.375. The molecule has 0 saturated carbocycles. The summed E-state index contributed by atoms with van der Waals surface area (Å²) in [5, 5.41) is 16.3. The second-order valence-electron chi connectivity index (χ2n) is 3.62. The van der Waals surface area contributed by atoms with Crippen LogP contribution in [0.1, 0.15) is 32.6 Å². The van der Waals surface area contributed by atoms with Crippen LogP contribution in [0.25, 0.3) is 0 Å². The number of aliphatic carboxylic acids is 2. The van der Waals surface area contributed by atoms with E-state index in [1.165, 1.54) is 0 Å². The van der Waals surface area contributed by atoms with Crippen LogP contribution in [0.2, 0.25) is 0 Å². The first-order chi connectivity index (χ1) is 7.86. The lowest BCUT2D eigenvalue weighted by molar-refractivity contribution is -0.139. The van der Waals surface area contributed by atoms with Crippen LogP contribution in [0, 0.1) is 0 Å². The summed E-state index contributed by atoms with van der Waals surface area (Å²) in [5.41, 5.74) is 15.0. The summed E-state index contributed by atoms with van der Waals surface area (Å²) < 4.78 is 0.